The Labute approximate surface area is 84.0 Å². The molecule has 0 aliphatic heterocycles. The van der Waals surface area contributed by atoms with Gasteiger partial charge >= 0.3 is 0 Å². The number of ketones is 1. The molecule has 0 aromatic rings. The summed E-state index contributed by atoms with van der Waals surface area (Å²) in [7, 11) is 0. The molecule has 0 atom stereocenters. The lowest BCUT2D eigenvalue weighted by Crippen LogP contribution is -2.25. The van der Waals surface area contributed by atoms with E-state index in [2.05, 4.69) is 11.0 Å². The van der Waals surface area contributed by atoms with Crippen LogP contribution in [0.1, 0.15) is 32.1 Å². The van der Waals surface area contributed by atoms with Crippen LogP contribution in [0.15, 0.2) is 11.8 Å². The highest BCUT2D eigenvalue weighted by Gasteiger charge is 2.31. The number of rotatable bonds is 4. The van der Waals surface area contributed by atoms with Crippen LogP contribution >= 0.6 is 0 Å². The highest BCUT2D eigenvalue weighted by molar-refractivity contribution is 5.92. The van der Waals surface area contributed by atoms with Gasteiger partial charge in [0.15, 0.2) is 5.78 Å². The number of hydrogen-bond donors (Lipinski definition) is 0. The summed E-state index contributed by atoms with van der Waals surface area (Å²) in [6, 6.07) is 2.77. The molecule has 0 aromatic carbocycles. The molecule has 0 heterocycles. The van der Waals surface area contributed by atoms with E-state index in [1.807, 2.05) is 0 Å². The lowest BCUT2D eigenvalue weighted by atomic mass is 10.3. The number of allylic oxidation sites excluding steroid dienone is 2. The predicted octanol–water partition coefficient (Wildman–Crippen LogP) is 1.61. The van der Waals surface area contributed by atoms with Crippen molar-refractivity contribution in [2.75, 3.05) is 6.54 Å². The van der Waals surface area contributed by atoms with E-state index in [9.17, 15) is 4.79 Å². The van der Waals surface area contributed by atoms with Crippen molar-refractivity contribution in [1.82, 2.24) is 4.90 Å². The van der Waals surface area contributed by atoms with Crippen molar-refractivity contribution < 1.29 is 4.79 Å². The van der Waals surface area contributed by atoms with E-state index < -0.39 is 0 Å². The van der Waals surface area contributed by atoms with Gasteiger partial charge < -0.3 is 4.90 Å². The van der Waals surface area contributed by atoms with Crippen LogP contribution < -0.4 is 0 Å². The monoisotopic (exact) mass is 190 g/mol. The fourth-order valence-electron chi connectivity index (χ4n) is 1.93. The van der Waals surface area contributed by atoms with Crippen LogP contribution in [0.4, 0.5) is 0 Å². The Bertz CT molecular complexity index is 310. The molecule has 0 aromatic heterocycles. The summed E-state index contributed by atoms with van der Waals surface area (Å²) in [5, 5.41) is 8.55. The first kappa shape index (κ1) is 9.26. The van der Waals surface area contributed by atoms with Crippen molar-refractivity contribution in [2.45, 2.75) is 38.1 Å². The van der Waals surface area contributed by atoms with E-state index in [-0.39, 0.29) is 5.78 Å². The van der Waals surface area contributed by atoms with E-state index in [4.69, 9.17) is 5.26 Å². The fraction of sp³-hybridized carbons (Fsp3) is 0.636. The molecule has 2 aliphatic carbocycles. The Morgan fingerprint density at radius 1 is 1.50 bits per heavy atom. The van der Waals surface area contributed by atoms with E-state index in [0.717, 1.165) is 18.7 Å². The lowest BCUT2D eigenvalue weighted by Gasteiger charge is -2.24. The molecule has 3 nitrogen and oxygen atoms in total. The highest BCUT2D eigenvalue weighted by Crippen LogP contribution is 2.33. The minimum absolute atomic E-state index is 0.239. The zero-order valence-corrected chi connectivity index (χ0v) is 8.20. The van der Waals surface area contributed by atoms with Gasteiger partial charge in [0.1, 0.15) is 0 Å². The molecular weight excluding hydrogens is 176 g/mol. The maximum atomic E-state index is 11.1. The number of nitrogens with zero attached hydrogens (tertiary/aromatic N) is 2. The summed E-state index contributed by atoms with van der Waals surface area (Å²) < 4.78 is 0. The molecular formula is C11H14N2O. The van der Waals surface area contributed by atoms with Gasteiger partial charge in [-0.25, -0.2) is 0 Å². The van der Waals surface area contributed by atoms with Gasteiger partial charge in [-0.1, -0.05) is 0 Å². The van der Waals surface area contributed by atoms with Gasteiger partial charge in [0.2, 0.25) is 0 Å². The molecule has 1 saturated carbocycles. The van der Waals surface area contributed by atoms with Gasteiger partial charge in [-0.2, -0.15) is 5.26 Å². The molecule has 0 saturated heterocycles. The topological polar surface area (TPSA) is 44.1 Å². The van der Waals surface area contributed by atoms with E-state index in [1.54, 1.807) is 6.08 Å². The number of carbonyl (C=O) groups is 1. The van der Waals surface area contributed by atoms with Crippen molar-refractivity contribution in [3.05, 3.63) is 11.8 Å². The summed E-state index contributed by atoms with van der Waals surface area (Å²) in [6.45, 7) is 0.792. The average Bonchev–Trinajstić information content (AvgIpc) is 2.91. The van der Waals surface area contributed by atoms with Crippen molar-refractivity contribution in [2.24, 2.45) is 0 Å². The number of carbonyl (C=O) groups excluding carboxylic acids is 1. The summed E-state index contributed by atoms with van der Waals surface area (Å²) in [6.07, 6.45) is 6.29. The van der Waals surface area contributed by atoms with Crippen molar-refractivity contribution in [3.8, 4) is 6.07 Å². The van der Waals surface area contributed by atoms with Gasteiger partial charge in [-0.3, -0.25) is 4.79 Å². The minimum Gasteiger partial charge on any atom is -0.371 e. The van der Waals surface area contributed by atoms with Crippen LogP contribution in [0, 0.1) is 11.3 Å². The summed E-state index contributed by atoms with van der Waals surface area (Å²) >= 11 is 0. The Morgan fingerprint density at radius 3 is 2.79 bits per heavy atom. The SMILES string of the molecule is N#CCCN(C1=CC(=O)CC1)C1CC1. The second-order valence-corrected chi connectivity index (χ2v) is 3.93. The third-order valence-electron chi connectivity index (χ3n) is 2.78. The number of nitriles is 1. The largest absolute Gasteiger partial charge is 0.371 e. The smallest absolute Gasteiger partial charge is 0.157 e. The molecule has 0 spiro atoms. The Balaban J connectivity index is 1.99. The Hall–Kier alpha value is -1.30. The summed E-state index contributed by atoms with van der Waals surface area (Å²) in [5.41, 5.74) is 1.16. The van der Waals surface area contributed by atoms with E-state index >= 15 is 0 Å². The molecule has 0 bridgehead atoms. The normalized spacial score (nSPS) is 20.5. The fourth-order valence-corrected chi connectivity index (χ4v) is 1.93. The highest BCUT2D eigenvalue weighted by atomic mass is 16.1. The standard InChI is InChI=1S/C11H14N2O/c12-6-1-7-13(9-2-3-9)10-4-5-11(14)8-10/h8-9H,1-5,7H2. The second-order valence-electron chi connectivity index (χ2n) is 3.93. The zero-order chi connectivity index (χ0) is 9.97. The van der Waals surface area contributed by atoms with Gasteiger partial charge in [-0.05, 0) is 19.3 Å². The van der Waals surface area contributed by atoms with E-state index in [1.165, 1.54) is 12.8 Å². The third-order valence-corrected chi connectivity index (χ3v) is 2.78. The van der Waals surface area contributed by atoms with Crippen LogP contribution in [-0.4, -0.2) is 23.3 Å². The molecule has 3 heteroatoms. The lowest BCUT2D eigenvalue weighted by molar-refractivity contribution is -0.114. The maximum absolute atomic E-state index is 11.1. The van der Waals surface area contributed by atoms with Crippen molar-refractivity contribution in [1.29, 1.82) is 5.26 Å². The minimum atomic E-state index is 0.239. The van der Waals surface area contributed by atoms with Gasteiger partial charge in [0, 0.05) is 30.8 Å². The first-order valence-corrected chi connectivity index (χ1v) is 5.18. The molecule has 2 rings (SSSR count). The predicted molar refractivity (Wildman–Crippen MR) is 52.3 cm³/mol. The molecule has 1 fully saturated rings. The third kappa shape index (κ3) is 1.95. The van der Waals surface area contributed by atoms with Crippen LogP contribution in [0.2, 0.25) is 0 Å². The first-order chi connectivity index (χ1) is 6.81. The number of hydrogen-bond acceptors (Lipinski definition) is 3. The Morgan fingerprint density at radius 2 is 2.29 bits per heavy atom. The second kappa shape index (κ2) is 3.83. The van der Waals surface area contributed by atoms with Crippen molar-refractivity contribution >= 4 is 5.78 Å². The first-order valence-electron chi connectivity index (χ1n) is 5.18. The van der Waals surface area contributed by atoms with Crippen LogP contribution in [-0.2, 0) is 4.79 Å². The quantitative estimate of drug-likeness (QED) is 0.676. The van der Waals surface area contributed by atoms with Gasteiger partial charge in [-0.15, -0.1) is 0 Å². The molecule has 74 valence electrons. The average molecular weight is 190 g/mol. The molecule has 14 heavy (non-hydrogen) atoms. The summed E-state index contributed by atoms with van der Waals surface area (Å²) in [4.78, 5) is 13.4. The molecule has 0 N–H and O–H groups in total. The maximum Gasteiger partial charge on any atom is 0.157 e. The van der Waals surface area contributed by atoms with Crippen LogP contribution in [0.25, 0.3) is 0 Å². The van der Waals surface area contributed by atoms with Crippen LogP contribution in [0.5, 0.6) is 0 Å². The zero-order valence-electron chi connectivity index (χ0n) is 8.20. The Kier molecular flexibility index (Phi) is 2.53. The molecule has 0 radical (unpaired) electrons. The molecule has 0 amide bonds. The molecule has 0 unspecified atom stereocenters. The van der Waals surface area contributed by atoms with E-state index in [0.29, 0.717) is 18.9 Å². The molecule has 2 aliphatic rings. The van der Waals surface area contributed by atoms with Gasteiger partial charge in [0.25, 0.3) is 0 Å². The van der Waals surface area contributed by atoms with Crippen LogP contribution in [0.3, 0.4) is 0 Å². The summed E-state index contributed by atoms with van der Waals surface area (Å²) in [5.74, 6) is 0.239. The van der Waals surface area contributed by atoms with Crippen molar-refractivity contribution in [3.63, 3.8) is 0 Å². The van der Waals surface area contributed by atoms with Gasteiger partial charge in [0.05, 0.1) is 12.5 Å².